The highest BCUT2D eigenvalue weighted by Gasteiger charge is 2.24. The first-order valence-electron chi connectivity index (χ1n) is 6.75. The summed E-state index contributed by atoms with van der Waals surface area (Å²) in [7, 11) is 0. The first-order valence-corrected chi connectivity index (χ1v) is 6.75. The van der Waals surface area contributed by atoms with Crippen molar-refractivity contribution in [3.8, 4) is 0 Å². The molecule has 6 nitrogen and oxygen atoms in total. The second kappa shape index (κ2) is 4.03. The third-order valence-corrected chi connectivity index (χ3v) is 4.10. The number of nitrogens with one attached hydrogen (secondary N) is 1. The van der Waals surface area contributed by atoms with Gasteiger partial charge in [0.2, 0.25) is 0 Å². The van der Waals surface area contributed by atoms with Crippen molar-refractivity contribution in [2.24, 2.45) is 5.73 Å². The minimum atomic E-state index is 0.351. The van der Waals surface area contributed by atoms with Gasteiger partial charge in [0.05, 0.1) is 11.7 Å². The number of nitrogens with zero attached hydrogens (tertiary/aromatic N) is 4. The van der Waals surface area contributed by atoms with Crippen molar-refractivity contribution < 1.29 is 0 Å². The summed E-state index contributed by atoms with van der Waals surface area (Å²) in [5.74, 6) is 1.50. The Kier molecular flexibility index (Phi) is 2.32. The molecule has 0 unspecified atom stereocenters. The lowest BCUT2D eigenvalue weighted by molar-refractivity contribution is 0.384. The smallest absolute Gasteiger partial charge is 0.179 e. The van der Waals surface area contributed by atoms with E-state index in [-0.39, 0.29) is 0 Å². The maximum atomic E-state index is 5.98. The molecule has 98 valence electrons. The highest BCUT2D eigenvalue weighted by Crippen LogP contribution is 2.32. The lowest BCUT2D eigenvalue weighted by Gasteiger charge is -2.24. The van der Waals surface area contributed by atoms with Crippen molar-refractivity contribution in [3.05, 3.63) is 24.3 Å². The van der Waals surface area contributed by atoms with Crippen molar-refractivity contribution >= 4 is 16.8 Å². The van der Waals surface area contributed by atoms with Crippen LogP contribution in [0.15, 0.2) is 18.5 Å². The molecule has 1 aliphatic rings. The number of fused-ring (bicyclic) bond motifs is 3. The molecule has 0 amide bonds. The molecule has 4 rings (SSSR count). The molecule has 1 aliphatic carbocycles. The van der Waals surface area contributed by atoms with E-state index in [1.807, 2.05) is 12.3 Å². The summed E-state index contributed by atoms with van der Waals surface area (Å²) >= 11 is 0. The number of rotatable bonds is 1. The molecule has 1 fully saturated rings. The third-order valence-electron chi connectivity index (χ3n) is 4.10. The molecule has 0 aliphatic heterocycles. The van der Waals surface area contributed by atoms with Gasteiger partial charge in [-0.05, 0) is 31.7 Å². The maximum absolute atomic E-state index is 5.98. The van der Waals surface area contributed by atoms with Crippen LogP contribution in [0.3, 0.4) is 0 Å². The van der Waals surface area contributed by atoms with Crippen molar-refractivity contribution in [2.75, 3.05) is 0 Å². The fourth-order valence-electron chi connectivity index (χ4n) is 3.04. The van der Waals surface area contributed by atoms with E-state index in [4.69, 9.17) is 5.73 Å². The summed E-state index contributed by atoms with van der Waals surface area (Å²) in [6, 6.07) is 2.38. The quantitative estimate of drug-likeness (QED) is 0.692. The van der Waals surface area contributed by atoms with Crippen LogP contribution < -0.4 is 5.73 Å². The van der Waals surface area contributed by atoms with Gasteiger partial charge in [-0.3, -0.25) is 4.40 Å². The molecule has 0 spiro atoms. The molecular weight excluding hydrogens is 240 g/mol. The van der Waals surface area contributed by atoms with Crippen LogP contribution in [-0.2, 0) is 0 Å². The maximum Gasteiger partial charge on any atom is 0.179 e. The average Bonchev–Trinajstić information content (AvgIpc) is 3.04. The Labute approximate surface area is 110 Å². The fraction of sp³-hybridized carbons (Fsp3) is 0.462. The van der Waals surface area contributed by atoms with E-state index in [1.165, 1.54) is 0 Å². The highest BCUT2D eigenvalue weighted by molar-refractivity contribution is 5.74. The molecule has 1 saturated carbocycles. The first kappa shape index (κ1) is 10.9. The molecular formula is C13H16N6. The van der Waals surface area contributed by atoms with Gasteiger partial charge in [0.15, 0.2) is 11.3 Å². The first-order chi connectivity index (χ1) is 9.33. The van der Waals surface area contributed by atoms with Gasteiger partial charge in [-0.25, -0.2) is 4.98 Å². The van der Waals surface area contributed by atoms with Gasteiger partial charge >= 0.3 is 0 Å². The molecule has 6 heteroatoms. The Balaban J connectivity index is 1.87. The van der Waals surface area contributed by atoms with Gasteiger partial charge in [-0.15, -0.1) is 10.2 Å². The topological polar surface area (TPSA) is 84.9 Å². The minimum absolute atomic E-state index is 0.351. The molecule has 3 aromatic heterocycles. The van der Waals surface area contributed by atoms with E-state index in [9.17, 15) is 0 Å². The number of nitrogens with two attached hydrogens (primary N) is 1. The number of hydrogen-bond donors (Lipinski definition) is 2. The summed E-state index contributed by atoms with van der Waals surface area (Å²) in [5.41, 5.74) is 8.72. The van der Waals surface area contributed by atoms with Crippen LogP contribution in [-0.4, -0.2) is 30.6 Å². The van der Waals surface area contributed by atoms with E-state index in [2.05, 4.69) is 24.6 Å². The van der Waals surface area contributed by atoms with E-state index in [0.717, 1.165) is 48.3 Å². The minimum Gasteiger partial charge on any atom is -0.345 e. The van der Waals surface area contributed by atoms with Gasteiger partial charge in [0, 0.05) is 18.2 Å². The zero-order valence-electron chi connectivity index (χ0n) is 10.6. The van der Waals surface area contributed by atoms with Crippen molar-refractivity contribution in [2.45, 2.75) is 37.6 Å². The van der Waals surface area contributed by atoms with Crippen LogP contribution in [0.2, 0.25) is 0 Å². The predicted octanol–water partition coefficient (Wildman–Crippen LogP) is 1.59. The van der Waals surface area contributed by atoms with Crippen molar-refractivity contribution in [1.82, 2.24) is 24.6 Å². The molecule has 3 aromatic rings. The van der Waals surface area contributed by atoms with E-state index in [0.29, 0.717) is 12.0 Å². The fourth-order valence-corrected chi connectivity index (χ4v) is 3.04. The number of hydrogen-bond acceptors (Lipinski definition) is 4. The van der Waals surface area contributed by atoms with Gasteiger partial charge in [-0.1, -0.05) is 0 Å². The summed E-state index contributed by atoms with van der Waals surface area (Å²) in [6.45, 7) is 0. The molecule has 0 radical (unpaired) electrons. The molecule has 0 aromatic carbocycles. The van der Waals surface area contributed by atoms with E-state index >= 15 is 0 Å². The SMILES string of the molecule is N[C@H]1CC[C@H](c2nnc3cnc4[nH]ccc4n32)CC1. The lowest BCUT2D eigenvalue weighted by Crippen LogP contribution is -2.26. The summed E-state index contributed by atoms with van der Waals surface area (Å²) < 4.78 is 2.13. The molecule has 3 N–H and O–H groups in total. The normalized spacial score (nSPS) is 24.3. The average molecular weight is 256 g/mol. The summed E-state index contributed by atoms with van der Waals surface area (Å²) in [4.78, 5) is 7.47. The second-order valence-corrected chi connectivity index (χ2v) is 5.33. The summed E-state index contributed by atoms with van der Waals surface area (Å²) in [5, 5.41) is 8.64. The molecule has 0 bridgehead atoms. The molecule has 19 heavy (non-hydrogen) atoms. The van der Waals surface area contributed by atoms with Gasteiger partial charge < -0.3 is 10.7 Å². The van der Waals surface area contributed by atoms with E-state index in [1.54, 1.807) is 6.20 Å². The van der Waals surface area contributed by atoms with Crippen LogP contribution in [0.1, 0.15) is 37.4 Å². The Bertz CT molecular complexity index is 719. The third kappa shape index (κ3) is 1.63. The zero-order valence-corrected chi connectivity index (χ0v) is 10.6. The Morgan fingerprint density at radius 2 is 2.05 bits per heavy atom. The standard InChI is InChI=1S/C13H16N6/c14-9-3-1-8(2-4-9)13-18-17-11-7-16-12-10(19(11)13)5-6-15-12/h5-9,15H,1-4,14H2/t8-,9-. The van der Waals surface area contributed by atoms with Crippen LogP contribution in [0.5, 0.6) is 0 Å². The zero-order chi connectivity index (χ0) is 12.8. The molecule has 0 atom stereocenters. The van der Waals surface area contributed by atoms with Crippen LogP contribution in [0, 0.1) is 0 Å². The highest BCUT2D eigenvalue weighted by atomic mass is 15.3. The Hall–Kier alpha value is -1.95. The van der Waals surface area contributed by atoms with Gasteiger partial charge in [0.1, 0.15) is 5.82 Å². The predicted molar refractivity (Wildman–Crippen MR) is 71.8 cm³/mol. The Morgan fingerprint density at radius 1 is 1.21 bits per heavy atom. The monoisotopic (exact) mass is 256 g/mol. The molecule has 3 heterocycles. The number of H-pyrrole nitrogens is 1. The number of aromatic nitrogens is 5. The van der Waals surface area contributed by atoms with Crippen LogP contribution in [0.4, 0.5) is 0 Å². The summed E-state index contributed by atoms with van der Waals surface area (Å²) in [6.07, 6.45) is 8.00. The largest absolute Gasteiger partial charge is 0.345 e. The van der Waals surface area contributed by atoms with Crippen molar-refractivity contribution in [1.29, 1.82) is 0 Å². The Morgan fingerprint density at radius 3 is 2.89 bits per heavy atom. The van der Waals surface area contributed by atoms with Crippen LogP contribution >= 0.6 is 0 Å². The lowest BCUT2D eigenvalue weighted by atomic mass is 9.86. The van der Waals surface area contributed by atoms with Gasteiger partial charge in [0.25, 0.3) is 0 Å². The van der Waals surface area contributed by atoms with Crippen LogP contribution in [0.25, 0.3) is 16.8 Å². The van der Waals surface area contributed by atoms with Crippen molar-refractivity contribution in [3.63, 3.8) is 0 Å². The van der Waals surface area contributed by atoms with Gasteiger partial charge in [-0.2, -0.15) is 0 Å². The second-order valence-electron chi connectivity index (χ2n) is 5.33. The molecule has 0 saturated heterocycles. The van der Waals surface area contributed by atoms with E-state index < -0.39 is 0 Å². The number of aromatic amines is 1.